The predicted octanol–water partition coefficient (Wildman–Crippen LogP) is 2.15. The fourth-order valence-electron chi connectivity index (χ4n) is 1.29. The van der Waals surface area contributed by atoms with Crippen molar-refractivity contribution in [1.29, 1.82) is 0 Å². The van der Waals surface area contributed by atoms with E-state index in [0.717, 1.165) is 0 Å². The van der Waals surface area contributed by atoms with Crippen molar-refractivity contribution in [2.24, 2.45) is 11.3 Å². The number of carbonyl (C=O) groups excluding carboxylic acids is 3. The van der Waals surface area contributed by atoms with E-state index in [0.29, 0.717) is 6.42 Å². The zero-order valence-corrected chi connectivity index (χ0v) is 11.3. The van der Waals surface area contributed by atoms with Crippen LogP contribution in [0.25, 0.3) is 0 Å². The molecule has 17 heavy (non-hydrogen) atoms. The lowest BCUT2D eigenvalue weighted by molar-refractivity contribution is -0.153. The summed E-state index contributed by atoms with van der Waals surface area (Å²) in [6, 6.07) is 0. The van der Waals surface area contributed by atoms with Gasteiger partial charge in [-0.2, -0.15) is 0 Å². The van der Waals surface area contributed by atoms with Crippen molar-refractivity contribution in [1.82, 2.24) is 0 Å². The number of hydrogen-bond acceptors (Lipinski definition) is 4. The number of carbonyl (C=O) groups is 3. The van der Waals surface area contributed by atoms with Crippen molar-refractivity contribution in [2.45, 2.75) is 47.5 Å². The molecule has 0 radical (unpaired) electrons. The Labute approximate surface area is 103 Å². The van der Waals surface area contributed by atoms with Crippen LogP contribution in [-0.4, -0.2) is 24.1 Å². The van der Waals surface area contributed by atoms with Gasteiger partial charge in [0.05, 0.1) is 6.61 Å². The maximum atomic E-state index is 12.0. The molecule has 98 valence electrons. The molecule has 0 bridgehead atoms. The highest BCUT2D eigenvalue weighted by Gasteiger charge is 2.33. The largest absolute Gasteiger partial charge is 0.465 e. The minimum Gasteiger partial charge on any atom is -0.465 e. The highest BCUT2D eigenvalue weighted by molar-refractivity contribution is 6.02. The molecule has 0 spiro atoms. The molecule has 1 atom stereocenters. The van der Waals surface area contributed by atoms with Crippen molar-refractivity contribution < 1.29 is 19.1 Å². The Bertz CT molecular complexity index is 305. The molecule has 1 unspecified atom stereocenters. The summed E-state index contributed by atoms with van der Waals surface area (Å²) in [6.45, 7) is 8.75. The monoisotopic (exact) mass is 242 g/mol. The van der Waals surface area contributed by atoms with E-state index in [1.165, 1.54) is 6.92 Å². The van der Waals surface area contributed by atoms with Gasteiger partial charge in [-0.15, -0.1) is 0 Å². The Morgan fingerprint density at radius 2 is 1.71 bits per heavy atom. The maximum absolute atomic E-state index is 12.0. The predicted molar refractivity (Wildman–Crippen MR) is 64.5 cm³/mol. The Hall–Kier alpha value is -1.19. The lowest BCUT2D eigenvalue weighted by atomic mass is 9.80. The molecular formula is C13H22O4. The van der Waals surface area contributed by atoms with E-state index in [9.17, 15) is 14.4 Å². The molecule has 0 N–H and O–H groups in total. The molecule has 0 fully saturated rings. The third-order valence-corrected chi connectivity index (χ3v) is 3.09. The average molecular weight is 242 g/mol. The quantitative estimate of drug-likeness (QED) is 0.507. The molecule has 0 saturated heterocycles. The highest BCUT2D eigenvalue weighted by atomic mass is 16.5. The molecule has 0 aliphatic heterocycles. The SMILES string of the molecule is CCOC(=O)C(CC(=O)C(C)(C)CC)C(C)=O. The smallest absolute Gasteiger partial charge is 0.316 e. The van der Waals surface area contributed by atoms with Crippen molar-refractivity contribution in [2.75, 3.05) is 6.61 Å². The van der Waals surface area contributed by atoms with Gasteiger partial charge in [0.2, 0.25) is 0 Å². The minimum atomic E-state index is -0.951. The Morgan fingerprint density at radius 3 is 2.06 bits per heavy atom. The lowest BCUT2D eigenvalue weighted by Crippen LogP contribution is -2.32. The molecule has 4 heteroatoms. The fraction of sp³-hybridized carbons (Fsp3) is 0.769. The van der Waals surface area contributed by atoms with Crippen LogP contribution < -0.4 is 0 Å². The molecule has 0 aromatic carbocycles. The van der Waals surface area contributed by atoms with E-state index < -0.39 is 17.3 Å². The second-order valence-electron chi connectivity index (χ2n) is 4.78. The number of hydrogen-bond donors (Lipinski definition) is 0. The lowest BCUT2D eigenvalue weighted by Gasteiger charge is -2.22. The summed E-state index contributed by atoms with van der Waals surface area (Å²) in [6.07, 6.45) is 0.619. The van der Waals surface area contributed by atoms with Gasteiger partial charge in [0.25, 0.3) is 0 Å². The van der Waals surface area contributed by atoms with E-state index in [1.54, 1.807) is 6.92 Å². The van der Waals surface area contributed by atoms with Gasteiger partial charge in [-0.1, -0.05) is 20.8 Å². The minimum absolute atomic E-state index is 0.0605. The average Bonchev–Trinajstić information content (AvgIpc) is 2.25. The van der Waals surface area contributed by atoms with Crippen LogP contribution in [-0.2, 0) is 19.1 Å². The van der Waals surface area contributed by atoms with Gasteiger partial charge >= 0.3 is 5.97 Å². The van der Waals surface area contributed by atoms with Crippen LogP contribution in [0.1, 0.15) is 47.5 Å². The van der Waals surface area contributed by atoms with E-state index in [2.05, 4.69) is 0 Å². The van der Waals surface area contributed by atoms with Gasteiger partial charge < -0.3 is 4.74 Å². The van der Waals surface area contributed by atoms with Crippen molar-refractivity contribution in [3.05, 3.63) is 0 Å². The first kappa shape index (κ1) is 15.8. The summed E-state index contributed by atoms with van der Waals surface area (Å²) in [5.41, 5.74) is -0.500. The standard InChI is InChI=1S/C13H22O4/c1-6-13(4,5)11(15)8-10(9(3)14)12(16)17-7-2/h10H,6-8H2,1-5H3. The number of rotatable bonds is 7. The summed E-state index contributed by atoms with van der Waals surface area (Å²) in [5, 5.41) is 0. The topological polar surface area (TPSA) is 60.4 Å². The Balaban J connectivity index is 4.73. The van der Waals surface area contributed by atoms with Gasteiger partial charge in [-0.25, -0.2) is 0 Å². The van der Waals surface area contributed by atoms with Gasteiger partial charge in [0.15, 0.2) is 0 Å². The second-order valence-corrected chi connectivity index (χ2v) is 4.78. The normalized spacial score (nSPS) is 13.0. The first-order valence-electron chi connectivity index (χ1n) is 5.96. The number of ketones is 2. The number of Topliss-reactive ketones (excluding diaryl/α,β-unsaturated/α-hetero) is 2. The first-order valence-corrected chi connectivity index (χ1v) is 5.96. The van der Waals surface area contributed by atoms with E-state index in [-0.39, 0.29) is 24.6 Å². The summed E-state index contributed by atoms with van der Waals surface area (Å²) in [5.74, 6) is -1.94. The van der Waals surface area contributed by atoms with Crippen LogP contribution in [0.15, 0.2) is 0 Å². The van der Waals surface area contributed by atoms with Crippen LogP contribution in [0.5, 0.6) is 0 Å². The van der Waals surface area contributed by atoms with Crippen LogP contribution in [0.3, 0.4) is 0 Å². The molecule has 0 amide bonds. The summed E-state index contributed by atoms with van der Waals surface area (Å²) in [7, 11) is 0. The van der Waals surface area contributed by atoms with Gasteiger partial charge in [0, 0.05) is 11.8 Å². The molecule has 0 aliphatic carbocycles. The molecule has 4 nitrogen and oxygen atoms in total. The fourth-order valence-corrected chi connectivity index (χ4v) is 1.29. The van der Waals surface area contributed by atoms with Crippen molar-refractivity contribution >= 4 is 17.5 Å². The van der Waals surface area contributed by atoms with Gasteiger partial charge in [-0.05, 0) is 20.3 Å². The summed E-state index contributed by atoms with van der Waals surface area (Å²) in [4.78, 5) is 34.9. The zero-order chi connectivity index (χ0) is 13.6. The number of esters is 1. The van der Waals surface area contributed by atoms with Gasteiger partial charge in [0.1, 0.15) is 17.5 Å². The Kier molecular flexibility index (Phi) is 6.07. The first-order chi connectivity index (χ1) is 7.76. The molecule has 0 aromatic heterocycles. The molecule has 0 aliphatic rings. The second kappa shape index (κ2) is 6.52. The molecule has 0 saturated carbocycles. The summed E-state index contributed by atoms with van der Waals surface area (Å²) >= 11 is 0. The number of ether oxygens (including phenoxy) is 1. The third kappa shape index (κ3) is 4.67. The van der Waals surface area contributed by atoms with Crippen LogP contribution >= 0.6 is 0 Å². The van der Waals surface area contributed by atoms with Gasteiger partial charge in [-0.3, -0.25) is 14.4 Å². The van der Waals surface area contributed by atoms with E-state index in [4.69, 9.17) is 4.74 Å². The van der Waals surface area contributed by atoms with Crippen LogP contribution in [0.2, 0.25) is 0 Å². The zero-order valence-electron chi connectivity index (χ0n) is 11.3. The molecule has 0 rings (SSSR count). The summed E-state index contributed by atoms with van der Waals surface area (Å²) < 4.78 is 4.80. The molecule has 0 heterocycles. The maximum Gasteiger partial charge on any atom is 0.316 e. The third-order valence-electron chi connectivity index (χ3n) is 3.09. The van der Waals surface area contributed by atoms with Crippen molar-refractivity contribution in [3.63, 3.8) is 0 Å². The van der Waals surface area contributed by atoms with Crippen molar-refractivity contribution in [3.8, 4) is 0 Å². The van der Waals surface area contributed by atoms with E-state index >= 15 is 0 Å². The highest BCUT2D eigenvalue weighted by Crippen LogP contribution is 2.25. The van der Waals surface area contributed by atoms with Crippen LogP contribution in [0, 0.1) is 11.3 Å². The van der Waals surface area contributed by atoms with E-state index in [1.807, 2.05) is 20.8 Å². The Morgan fingerprint density at radius 1 is 1.18 bits per heavy atom. The molecule has 0 aromatic rings. The molecular weight excluding hydrogens is 220 g/mol. The van der Waals surface area contributed by atoms with Crippen LogP contribution in [0.4, 0.5) is 0 Å².